The minimum atomic E-state index is 0.706. The van der Waals surface area contributed by atoms with Crippen LogP contribution in [-0.2, 0) is 6.42 Å². The molecular formula is C16H22. The number of hydrogen-bond acceptors (Lipinski definition) is 0. The fourth-order valence-corrected chi connectivity index (χ4v) is 2.63. The molecule has 1 aromatic carbocycles. The summed E-state index contributed by atoms with van der Waals surface area (Å²) in [5, 5.41) is 0. The van der Waals surface area contributed by atoms with Crippen molar-refractivity contribution in [3.63, 3.8) is 0 Å². The number of fused-ring (bicyclic) bond motifs is 1. The summed E-state index contributed by atoms with van der Waals surface area (Å²) in [5.41, 5.74) is 5.81. The van der Waals surface area contributed by atoms with E-state index in [1.807, 2.05) is 0 Å². The van der Waals surface area contributed by atoms with Gasteiger partial charge in [0.2, 0.25) is 0 Å². The maximum atomic E-state index is 2.38. The van der Waals surface area contributed by atoms with E-state index in [2.05, 4.69) is 52.0 Å². The second-order valence-corrected chi connectivity index (χ2v) is 5.23. The molecule has 0 heteroatoms. The molecule has 2 atom stereocenters. The summed E-state index contributed by atoms with van der Waals surface area (Å²) in [5.74, 6) is 1.51. The van der Waals surface area contributed by atoms with Crippen molar-refractivity contribution < 1.29 is 0 Å². The van der Waals surface area contributed by atoms with Crippen molar-refractivity contribution in [3.05, 3.63) is 40.5 Å². The molecule has 0 fully saturated rings. The van der Waals surface area contributed by atoms with Crippen LogP contribution in [0.5, 0.6) is 0 Å². The fraction of sp³-hybridized carbons (Fsp3) is 0.500. The van der Waals surface area contributed by atoms with E-state index in [9.17, 15) is 0 Å². The molecule has 16 heavy (non-hydrogen) atoms. The molecule has 0 amide bonds. The van der Waals surface area contributed by atoms with Gasteiger partial charge in [-0.2, -0.15) is 0 Å². The van der Waals surface area contributed by atoms with E-state index in [-0.39, 0.29) is 0 Å². The highest BCUT2D eigenvalue weighted by atomic mass is 14.2. The molecule has 0 nitrogen and oxygen atoms in total. The standard InChI is InChI=1S/C16H22/c1-5-14-10-16-9-13(4)12(3)8-15(16)7-6-11(14)2/h6-9,11,14H,5,10H2,1-4H3. The average molecular weight is 214 g/mol. The first-order chi connectivity index (χ1) is 7.61. The van der Waals surface area contributed by atoms with Crippen LogP contribution in [0.25, 0.3) is 6.08 Å². The SMILES string of the molecule is CCC1Cc2cc(C)c(C)cc2C=CC1C. The lowest BCUT2D eigenvalue weighted by atomic mass is 9.86. The normalized spacial score (nSPS) is 24.0. The van der Waals surface area contributed by atoms with Crippen molar-refractivity contribution in [2.45, 2.75) is 40.5 Å². The Morgan fingerprint density at radius 1 is 1.19 bits per heavy atom. The summed E-state index contributed by atoms with van der Waals surface area (Å²) in [4.78, 5) is 0. The Bertz CT molecular complexity index is 412. The van der Waals surface area contributed by atoms with Crippen LogP contribution in [0.4, 0.5) is 0 Å². The van der Waals surface area contributed by atoms with Crippen LogP contribution in [0.1, 0.15) is 42.5 Å². The van der Waals surface area contributed by atoms with Gasteiger partial charge < -0.3 is 0 Å². The zero-order valence-corrected chi connectivity index (χ0v) is 10.9. The van der Waals surface area contributed by atoms with Crippen molar-refractivity contribution in [1.29, 1.82) is 0 Å². The largest absolute Gasteiger partial charge is 0.0808 e. The summed E-state index contributed by atoms with van der Waals surface area (Å²) < 4.78 is 0. The summed E-state index contributed by atoms with van der Waals surface area (Å²) >= 11 is 0. The Hall–Kier alpha value is -1.04. The van der Waals surface area contributed by atoms with Gasteiger partial charge in [0.1, 0.15) is 0 Å². The lowest BCUT2D eigenvalue weighted by Gasteiger charge is -2.18. The van der Waals surface area contributed by atoms with Crippen LogP contribution in [0.3, 0.4) is 0 Å². The molecule has 0 heterocycles. The predicted octanol–water partition coefficient (Wildman–Crippen LogP) is 4.54. The topological polar surface area (TPSA) is 0 Å². The number of hydrogen-bond donors (Lipinski definition) is 0. The van der Waals surface area contributed by atoms with Crippen LogP contribution >= 0.6 is 0 Å². The van der Waals surface area contributed by atoms with Crippen LogP contribution < -0.4 is 0 Å². The minimum absolute atomic E-state index is 0.706. The molecule has 2 unspecified atom stereocenters. The minimum Gasteiger partial charge on any atom is -0.0808 e. The van der Waals surface area contributed by atoms with E-state index < -0.39 is 0 Å². The molecule has 86 valence electrons. The Morgan fingerprint density at radius 3 is 2.56 bits per heavy atom. The first-order valence-corrected chi connectivity index (χ1v) is 6.40. The van der Waals surface area contributed by atoms with Gasteiger partial charge in [0.25, 0.3) is 0 Å². The highest BCUT2D eigenvalue weighted by molar-refractivity contribution is 5.57. The van der Waals surface area contributed by atoms with Crippen molar-refractivity contribution in [2.75, 3.05) is 0 Å². The van der Waals surface area contributed by atoms with Gasteiger partial charge in [-0.3, -0.25) is 0 Å². The second-order valence-electron chi connectivity index (χ2n) is 5.23. The molecule has 0 aliphatic heterocycles. The predicted molar refractivity (Wildman–Crippen MR) is 71.6 cm³/mol. The first-order valence-electron chi connectivity index (χ1n) is 6.40. The molecule has 0 spiro atoms. The Morgan fingerprint density at radius 2 is 1.88 bits per heavy atom. The highest BCUT2D eigenvalue weighted by Gasteiger charge is 2.18. The summed E-state index contributed by atoms with van der Waals surface area (Å²) in [6.45, 7) is 9.07. The van der Waals surface area contributed by atoms with E-state index in [4.69, 9.17) is 0 Å². The van der Waals surface area contributed by atoms with Crippen LogP contribution in [0, 0.1) is 25.7 Å². The van der Waals surface area contributed by atoms with E-state index in [1.54, 1.807) is 0 Å². The summed E-state index contributed by atoms with van der Waals surface area (Å²) in [7, 11) is 0. The number of aryl methyl sites for hydroxylation is 2. The highest BCUT2D eigenvalue weighted by Crippen LogP contribution is 2.30. The lowest BCUT2D eigenvalue weighted by Crippen LogP contribution is -2.10. The van der Waals surface area contributed by atoms with E-state index in [0.29, 0.717) is 5.92 Å². The van der Waals surface area contributed by atoms with E-state index in [1.165, 1.54) is 35.1 Å². The first kappa shape index (κ1) is 11.4. The zero-order valence-electron chi connectivity index (χ0n) is 10.9. The van der Waals surface area contributed by atoms with Gasteiger partial charge >= 0.3 is 0 Å². The maximum Gasteiger partial charge on any atom is -0.0225 e. The zero-order chi connectivity index (χ0) is 11.7. The van der Waals surface area contributed by atoms with Gasteiger partial charge in [-0.05, 0) is 54.4 Å². The number of allylic oxidation sites excluding steroid dienone is 1. The maximum absolute atomic E-state index is 2.38. The molecule has 0 bridgehead atoms. The third-order valence-corrected chi connectivity index (χ3v) is 4.08. The average Bonchev–Trinajstić information content (AvgIpc) is 2.40. The van der Waals surface area contributed by atoms with Gasteiger partial charge in [0, 0.05) is 0 Å². The van der Waals surface area contributed by atoms with Crippen LogP contribution in [0.2, 0.25) is 0 Å². The third-order valence-electron chi connectivity index (χ3n) is 4.08. The smallest absolute Gasteiger partial charge is 0.0225 e. The molecule has 1 aliphatic carbocycles. The van der Waals surface area contributed by atoms with Crippen molar-refractivity contribution in [1.82, 2.24) is 0 Å². The van der Waals surface area contributed by atoms with Crippen LogP contribution in [0.15, 0.2) is 18.2 Å². The van der Waals surface area contributed by atoms with Crippen molar-refractivity contribution in [3.8, 4) is 0 Å². The van der Waals surface area contributed by atoms with Gasteiger partial charge in [-0.25, -0.2) is 0 Å². The van der Waals surface area contributed by atoms with Crippen LogP contribution in [-0.4, -0.2) is 0 Å². The van der Waals surface area contributed by atoms with Gasteiger partial charge in [-0.15, -0.1) is 0 Å². The molecule has 0 saturated carbocycles. The van der Waals surface area contributed by atoms with Gasteiger partial charge in [0.05, 0.1) is 0 Å². The lowest BCUT2D eigenvalue weighted by molar-refractivity contribution is 0.408. The number of benzene rings is 1. The van der Waals surface area contributed by atoms with E-state index >= 15 is 0 Å². The summed E-state index contributed by atoms with van der Waals surface area (Å²) in [6.07, 6.45) is 7.22. The second kappa shape index (κ2) is 4.45. The monoisotopic (exact) mass is 214 g/mol. The van der Waals surface area contributed by atoms with Crippen molar-refractivity contribution in [2.24, 2.45) is 11.8 Å². The van der Waals surface area contributed by atoms with Crippen molar-refractivity contribution >= 4 is 6.08 Å². The molecule has 0 aromatic heterocycles. The van der Waals surface area contributed by atoms with Gasteiger partial charge in [0.15, 0.2) is 0 Å². The molecule has 2 rings (SSSR count). The quantitative estimate of drug-likeness (QED) is 0.644. The molecule has 0 N–H and O–H groups in total. The summed E-state index contributed by atoms with van der Waals surface area (Å²) in [6, 6.07) is 4.72. The number of rotatable bonds is 1. The van der Waals surface area contributed by atoms with Gasteiger partial charge in [-0.1, -0.05) is 44.6 Å². The molecule has 0 saturated heterocycles. The molecule has 1 aliphatic rings. The molecule has 0 radical (unpaired) electrons. The Kier molecular flexibility index (Phi) is 3.18. The molecular weight excluding hydrogens is 192 g/mol. The third kappa shape index (κ3) is 2.07. The molecule has 1 aromatic rings. The fourth-order valence-electron chi connectivity index (χ4n) is 2.63. The van der Waals surface area contributed by atoms with E-state index in [0.717, 1.165) is 5.92 Å². The Labute approximate surface area is 99.4 Å². The Balaban J connectivity index is 2.44.